The van der Waals surface area contributed by atoms with Gasteiger partial charge in [0.05, 0.1) is 13.2 Å². The van der Waals surface area contributed by atoms with E-state index in [1.807, 2.05) is 24.3 Å². The number of aryl methyl sites for hydroxylation is 1. The second kappa shape index (κ2) is 9.69. The minimum Gasteiger partial charge on any atom is -0.496 e. The van der Waals surface area contributed by atoms with E-state index in [0.717, 1.165) is 41.8 Å². The van der Waals surface area contributed by atoms with Crippen LogP contribution in [0.3, 0.4) is 0 Å². The van der Waals surface area contributed by atoms with E-state index < -0.39 is 0 Å². The minimum atomic E-state index is 0.0737. The standard InChI is InChI=1S/C25H34N2O3/c1-18-16-21(18)24-12-10-19(30-24)11-13-25(28)26-17-22(27-14-6-3-7-15-27)20-8-4-5-9-23(20)29-2/h4-5,8-10,12,18,21-22H,3,6-7,11,13-17H2,1-2H3,(H,26,28). The Morgan fingerprint density at radius 3 is 2.70 bits per heavy atom. The zero-order chi connectivity index (χ0) is 20.9. The van der Waals surface area contributed by atoms with Crippen molar-refractivity contribution in [2.24, 2.45) is 5.92 Å². The Kier molecular flexibility index (Phi) is 6.78. The smallest absolute Gasteiger partial charge is 0.220 e. The summed E-state index contributed by atoms with van der Waals surface area (Å²) in [6, 6.07) is 12.4. The van der Waals surface area contributed by atoms with Crippen molar-refractivity contribution in [3.05, 3.63) is 53.5 Å². The Balaban J connectivity index is 1.34. The van der Waals surface area contributed by atoms with Gasteiger partial charge >= 0.3 is 0 Å². The molecule has 4 rings (SSSR count). The third kappa shape index (κ3) is 5.07. The van der Waals surface area contributed by atoms with E-state index in [9.17, 15) is 4.79 Å². The van der Waals surface area contributed by atoms with Crippen molar-refractivity contribution in [2.45, 2.75) is 57.4 Å². The number of rotatable bonds is 9. The number of furan rings is 1. The van der Waals surface area contributed by atoms with E-state index in [0.29, 0.717) is 25.3 Å². The van der Waals surface area contributed by atoms with Gasteiger partial charge in [-0.3, -0.25) is 9.69 Å². The predicted molar refractivity (Wildman–Crippen MR) is 118 cm³/mol. The molecule has 2 heterocycles. The maximum absolute atomic E-state index is 12.6. The number of nitrogens with zero attached hydrogens (tertiary/aromatic N) is 1. The maximum Gasteiger partial charge on any atom is 0.220 e. The highest BCUT2D eigenvalue weighted by Crippen LogP contribution is 2.47. The van der Waals surface area contributed by atoms with Crippen molar-refractivity contribution in [3.8, 4) is 5.75 Å². The molecule has 1 N–H and O–H groups in total. The van der Waals surface area contributed by atoms with Crippen LogP contribution in [-0.4, -0.2) is 37.6 Å². The van der Waals surface area contributed by atoms with Crippen molar-refractivity contribution in [1.29, 1.82) is 0 Å². The quantitative estimate of drug-likeness (QED) is 0.652. The van der Waals surface area contributed by atoms with E-state index in [-0.39, 0.29) is 11.9 Å². The van der Waals surface area contributed by atoms with Gasteiger partial charge in [-0.1, -0.05) is 31.5 Å². The summed E-state index contributed by atoms with van der Waals surface area (Å²) in [5.74, 6) is 4.27. The molecule has 2 aliphatic rings. The van der Waals surface area contributed by atoms with Crippen LogP contribution in [-0.2, 0) is 11.2 Å². The number of para-hydroxylation sites is 1. The van der Waals surface area contributed by atoms with Gasteiger partial charge in [-0.05, 0) is 56.5 Å². The van der Waals surface area contributed by atoms with Crippen LogP contribution in [0.2, 0.25) is 0 Å². The predicted octanol–water partition coefficient (Wildman–Crippen LogP) is 4.69. The summed E-state index contributed by atoms with van der Waals surface area (Å²) in [5.41, 5.74) is 1.15. The average Bonchev–Trinajstić information content (AvgIpc) is 3.32. The van der Waals surface area contributed by atoms with Crippen LogP contribution in [0.5, 0.6) is 5.75 Å². The first-order valence-electron chi connectivity index (χ1n) is 11.4. The summed E-state index contributed by atoms with van der Waals surface area (Å²) in [4.78, 5) is 15.1. The molecule has 1 aromatic heterocycles. The molecule has 30 heavy (non-hydrogen) atoms. The Morgan fingerprint density at radius 2 is 1.97 bits per heavy atom. The average molecular weight is 411 g/mol. The van der Waals surface area contributed by atoms with E-state index in [2.05, 4.69) is 29.3 Å². The first kappa shape index (κ1) is 21.0. The van der Waals surface area contributed by atoms with E-state index in [4.69, 9.17) is 9.15 Å². The molecule has 1 amide bonds. The molecule has 162 valence electrons. The van der Waals surface area contributed by atoms with Crippen LogP contribution in [0.1, 0.15) is 68.1 Å². The normalized spacial score (nSPS) is 22.5. The number of likely N-dealkylation sites (tertiary alicyclic amines) is 1. The zero-order valence-corrected chi connectivity index (χ0v) is 18.2. The van der Waals surface area contributed by atoms with E-state index in [1.165, 1.54) is 25.7 Å². The van der Waals surface area contributed by atoms with Gasteiger partial charge in [0.1, 0.15) is 17.3 Å². The van der Waals surface area contributed by atoms with Crippen LogP contribution in [0.15, 0.2) is 40.8 Å². The number of amides is 1. The molecule has 1 aromatic carbocycles. The van der Waals surface area contributed by atoms with Crippen molar-refractivity contribution < 1.29 is 13.9 Å². The van der Waals surface area contributed by atoms with Gasteiger partial charge < -0.3 is 14.5 Å². The monoisotopic (exact) mass is 410 g/mol. The molecule has 2 aromatic rings. The number of ether oxygens (including phenoxy) is 1. The molecule has 0 bridgehead atoms. The molecule has 0 radical (unpaired) electrons. The van der Waals surface area contributed by atoms with Crippen LogP contribution < -0.4 is 10.1 Å². The van der Waals surface area contributed by atoms with Crippen molar-refractivity contribution in [3.63, 3.8) is 0 Å². The molecule has 3 atom stereocenters. The van der Waals surface area contributed by atoms with Crippen LogP contribution in [0.4, 0.5) is 0 Å². The molecule has 5 heteroatoms. The summed E-state index contributed by atoms with van der Waals surface area (Å²) < 4.78 is 11.6. The molecule has 1 aliphatic heterocycles. The molecule has 0 spiro atoms. The third-order valence-corrected chi connectivity index (χ3v) is 6.58. The van der Waals surface area contributed by atoms with Crippen molar-refractivity contribution >= 4 is 5.91 Å². The molecule has 1 saturated carbocycles. The topological polar surface area (TPSA) is 54.7 Å². The fourth-order valence-electron chi connectivity index (χ4n) is 4.59. The fraction of sp³-hybridized carbons (Fsp3) is 0.560. The van der Waals surface area contributed by atoms with Gasteiger partial charge in [-0.25, -0.2) is 0 Å². The summed E-state index contributed by atoms with van der Waals surface area (Å²) in [5, 5.41) is 3.17. The Hall–Kier alpha value is -2.27. The second-order valence-electron chi connectivity index (χ2n) is 8.78. The number of carbonyl (C=O) groups excluding carboxylic acids is 1. The number of methoxy groups -OCH3 is 1. The second-order valence-corrected chi connectivity index (χ2v) is 8.78. The van der Waals surface area contributed by atoms with Crippen LogP contribution in [0.25, 0.3) is 0 Å². The van der Waals surface area contributed by atoms with E-state index in [1.54, 1.807) is 7.11 Å². The Morgan fingerprint density at radius 1 is 1.20 bits per heavy atom. The lowest BCUT2D eigenvalue weighted by molar-refractivity contribution is -0.121. The highest BCUT2D eigenvalue weighted by molar-refractivity contribution is 5.76. The number of piperidine rings is 1. The van der Waals surface area contributed by atoms with Gasteiger partial charge in [0.2, 0.25) is 5.91 Å². The van der Waals surface area contributed by atoms with Crippen molar-refractivity contribution in [2.75, 3.05) is 26.7 Å². The fourth-order valence-corrected chi connectivity index (χ4v) is 4.59. The van der Waals surface area contributed by atoms with Gasteiger partial charge in [-0.15, -0.1) is 0 Å². The largest absolute Gasteiger partial charge is 0.496 e. The van der Waals surface area contributed by atoms with E-state index >= 15 is 0 Å². The summed E-state index contributed by atoms with van der Waals surface area (Å²) in [7, 11) is 1.71. The van der Waals surface area contributed by atoms with Crippen molar-refractivity contribution in [1.82, 2.24) is 10.2 Å². The summed E-state index contributed by atoms with van der Waals surface area (Å²) >= 11 is 0. The third-order valence-electron chi connectivity index (χ3n) is 6.58. The molecule has 1 saturated heterocycles. The lowest BCUT2D eigenvalue weighted by Crippen LogP contribution is -2.40. The number of hydrogen-bond donors (Lipinski definition) is 1. The highest BCUT2D eigenvalue weighted by atomic mass is 16.5. The molecule has 1 aliphatic carbocycles. The Labute approximate surface area is 179 Å². The summed E-state index contributed by atoms with van der Waals surface area (Å²) in [6.45, 7) is 4.98. The van der Waals surface area contributed by atoms with Gasteiger partial charge in [0.15, 0.2) is 0 Å². The highest BCUT2D eigenvalue weighted by Gasteiger charge is 2.36. The molecule has 5 nitrogen and oxygen atoms in total. The lowest BCUT2D eigenvalue weighted by Gasteiger charge is -2.35. The summed E-state index contributed by atoms with van der Waals surface area (Å²) in [6.07, 6.45) is 6.02. The van der Waals surface area contributed by atoms with Crippen LogP contribution >= 0.6 is 0 Å². The molecular formula is C25H34N2O3. The minimum absolute atomic E-state index is 0.0737. The molecular weight excluding hydrogens is 376 g/mol. The number of carbonyl (C=O) groups is 1. The van der Waals surface area contributed by atoms with Gasteiger partial charge in [0, 0.05) is 30.9 Å². The molecule has 3 unspecified atom stereocenters. The van der Waals surface area contributed by atoms with Gasteiger partial charge in [0.25, 0.3) is 0 Å². The first-order chi connectivity index (χ1) is 14.7. The number of hydrogen-bond acceptors (Lipinski definition) is 4. The van der Waals surface area contributed by atoms with Gasteiger partial charge in [-0.2, -0.15) is 0 Å². The maximum atomic E-state index is 12.6. The van der Waals surface area contributed by atoms with Crippen LogP contribution in [0, 0.1) is 5.92 Å². The zero-order valence-electron chi connectivity index (χ0n) is 18.2. The number of benzene rings is 1. The molecule has 2 fully saturated rings. The number of nitrogens with one attached hydrogen (secondary N) is 1. The first-order valence-corrected chi connectivity index (χ1v) is 11.4. The Bertz CT molecular complexity index is 840. The SMILES string of the molecule is COc1ccccc1C(CNC(=O)CCc1ccc(C2CC2C)o1)N1CCCCC1. The lowest BCUT2D eigenvalue weighted by atomic mass is 10.0.